The molecule has 0 saturated carbocycles. The molecule has 2 heteroatoms. The molecule has 5 rings (SSSR count). The van der Waals surface area contributed by atoms with Crippen LogP contribution in [0.2, 0.25) is 0 Å². The van der Waals surface area contributed by atoms with Gasteiger partial charge in [-0.2, -0.15) is 0 Å². The highest BCUT2D eigenvalue weighted by Gasteiger charge is 2.10. The molecule has 0 aliphatic carbocycles. The highest BCUT2D eigenvalue weighted by atomic mass is 14.9. The molecule has 0 spiro atoms. The smallest absolute Gasteiger partial charge is 0.0603 e. The average Bonchev–Trinajstić information content (AvgIpc) is 2.74. The number of nitrogens with zero attached hydrogens (tertiary/aromatic N) is 1. The summed E-state index contributed by atoms with van der Waals surface area (Å²) in [5.74, 6) is 0. The minimum atomic E-state index is 0.984. The zero-order valence-electron chi connectivity index (χ0n) is 16.2. The summed E-state index contributed by atoms with van der Waals surface area (Å²) in [6.07, 6.45) is 5.28. The van der Waals surface area contributed by atoms with Crippen molar-refractivity contribution in [1.29, 1.82) is 0 Å². The standard InChI is InChI=1S/C26H24N2/c1-18-24(9-5-17-27-18)28-16-3-2-6-19-10-11-22-13-12-20-7-4-8-21-14-15-23(19)26(22)25(20)21/h4-5,7-15,17,28H,2-3,6,16H2,1H3. The van der Waals surface area contributed by atoms with Crippen LogP contribution in [0.15, 0.2) is 72.9 Å². The van der Waals surface area contributed by atoms with E-state index in [1.54, 1.807) is 0 Å². The molecule has 5 aromatic rings. The Morgan fingerprint density at radius 1 is 0.750 bits per heavy atom. The Balaban J connectivity index is 1.35. The summed E-state index contributed by atoms with van der Waals surface area (Å²) in [6, 6.07) is 24.4. The van der Waals surface area contributed by atoms with Gasteiger partial charge in [-0.1, -0.05) is 54.6 Å². The fraction of sp³-hybridized carbons (Fsp3) is 0.192. The van der Waals surface area contributed by atoms with E-state index in [1.165, 1.54) is 44.3 Å². The highest BCUT2D eigenvalue weighted by molar-refractivity contribution is 6.23. The molecule has 4 aromatic carbocycles. The van der Waals surface area contributed by atoms with E-state index in [0.717, 1.165) is 30.8 Å². The summed E-state index contributed by atoms with van der Waals surface area (Å²) in [6.45, 7) is 3.03. The molecule has 0 radical (unpaired) electrons. The Kier molecular flexibility index (Phi) is 4.32. The van der Waals surface area contributed by atoms with Gasteiger partial charge in [-0.3, -0.25) is 4.98 Å². The first-order valence-corrected chi connectivity index (χ1v) is 10.1. The van der Waals surface area contributed by atoms with Crippen molar-refractivity contribution in [2.24, 2.45) is 0 Å². The van der Waals surface area contributed by atoms with Crippen LogP contribution < -0.4 is 5.32 Å². The summed E-state index contributed by atoms with van der Waals surface area (Å²) >= 11 is 0. The first-order valence-electron chi connectivity index (χ1n) is 10.1. The molecule has 2 nitrogen and oxygen atoms in total. The molecule has 1 N–H and O–H groups in total. The van der Waals surface area contributed by atoms with Crippen molar-refractivity contribution in [3.8, 4) is 0 Å². The average molecular weight is 364 g/mol. The summed E-state index contributed by atoms with van der Waals surface area (Å²) in [5, 5.41) is 11.8. The van der Waals surface area contributed by atoms with Gasteiger partial charge < -0.3 is 5.32 Å². The van der Waals surface area contributed by atoms with Crippen molar-refractivity contribution >= 4 is 38.0 Å². The lowest BCUT2D eigenvalue weighted by atomic mass is 9.90. The number of unbranched alkanes of at least 4 members (excludes halogenated alkanes) is 1. The molecule has 0 unspecified atom stereocenters. The monoisotopic (exact) mass is 364 g/mol. The maximum atomic E-state index is 4.34. The van der Waals surface area contributed by atoms with E-state index in [-0.39, 0.29) is 0 Å². The summed E-state index contributed by atoms with van der Waals surface area (Å²) < 4.78 is 0. The summed E-state index contributed by atoms with van der Waals surface area (Å²) in [4.78, 5) is 4.34. The van der Waals surface area contributed by atoms with Crippen LogP contribution in [0, 0.1) is 6.92 Å². The van der Waals surface area contributed by atoms with Gasteiger partial charge in [-0.15, -0.1) is 0 Å². The van der Waals surface area contributed by atoms with E-state index < -0.39 is 0 Å². The number of rotatable bonds is 6. The van der Waals surface area contributed by atoms with E-state index in [1.807, 2.05) is 19.2 Å². The molecule has 1 heterocycles. The van der Waals surface area contributed by atoms with Crippen LogP contribution in [0.1, 0.15) is 24.1 Å². The third-order valence-corrected chi connectivity index (χ3v) is 5.81. The number of nitrogens with one attached hydrogen (secondary N) is 1. The third kappa shape index (κ3) is 2.95. The second-order valence-corrected chi connectivity index (χ2v) is 7.60. The van der Waals surface area contributed by atoms with Crippen molar-refractivity contribution < 1.29 is 0 Å². The molecular weight excluding hydrogens is 340 g/mol. The van der Waals surface area contributed by atoms with Gasteiger partial charge in [-0.25, -0.2) is 0 Å². The third-order valence-electron chi connectivity index (χ3n) is 5.81. The SMILES string of the molecule is Cc1ncccc1NCCCCc1ccc2ccc3cccc4ccc1c2c34. The van der Waals surface area contributed by atoms with Crippen LogP contribution >= 0.6 is 0 Å². The van der Waals surface area contributed by atoms with Gasteiger partial charge in [0.2, 0.25) is 0 Å². The number of benzene rings is 4. The minimum Gasteiger partial charge on any atom is -0.384 e. The zero-order valence-corrected chi connectivity index (χ0v) is 16.2. The first-order chi connectivity index (χ1) is 13.8. The van der Waals surface area contributed by atoms with Crippen LogP contribution in [0.4, 0.5) is 5.69 Å². The molecular formula is C26H24N2. The lowest BCUT2D eigenvalue weighted by Gasteiger charge is -2.14. The maximum Gasteiger partial charge on any atom is 0.0603 e. The van der Waals surface area contributed by atoms with Gasteiger partial charge in [0.15, 0.2) is 0 Å². The fourth-order valence-electron chi connectivity index (χ4n) is 4.35. The Morgan fingerprint density at radius 3 is 2.32 bits per heavy atom. The number of hydrogen-bond donors (Lipinski definition) is 1. The van der Waals surface area contributed by atoms with Gasteiger partial charge >= 0.3 is 0 Å². The Labute approximate surface area is 165 Å². The molecule has 1 aromatic heterocycles. The quantitative estimate of drug-likeness (QED) is 0.267. The second kappa shape index (κ2) is 7.12. The second-order valence-electron chi connectivity index (χ2n) is 7.60. The topological polar surface area (TPSA) is 24.9 Å². The fourth-order valence-corrected chi connectivity index (χ4v) is 4.35. The normalized spacial score (nSPS) is 11.6. The molecule has 0 aliphatic rings. The van der Waals surface area contributed by atoms with Crippen LogP contribution in [-0.2, 0) is 6.42 Å². The molecule has 0 bridgehead atoms. The molecule has 28 heavy (non-hydrogen) atoms. The minimum absolute atomic E-state index is 0.984. The van der Waals surface area contributed by atoms with E-state index >= 15 is 0 Å². The highest BCUT2D eigenvalue weighted by Crippen LogP contribution is 2.36. The Bertz CT molecular complexity index is 1240. The number of aromatic nitrogens is 1. The first kappa shape index (κ1) is 17.0. The van der Waals surface area contributed by atoms with Gasteiger partial charge in [0, 0.05) is 12.7 Å². The predicted octanol–water partition coefficient (Wildman–Crippen LogP) is 6.72. The molecule has 138 valence electrons. The van der Waals surface area contributed by atoms with E-state index in [2.05, 4.69) is 71.0 Å². The zero-order chi connectivity index (χ0) is 18.9. The van der Waals surface area contributed by atoms with Crippen molar-refractivity contribution in [3.05, 3.63) is 84.2 Å². The van der Waals surface area contributed by atoms with E-state index in [4.69, 9.17) is 0 Å². The van der Waals surface area contributed by atoms with Crippen molar-refractivity contribution in [2.45, 2.75) is 26.2 Å². The van der Waals surface area contributed by atoms with Crippen LogP contribution in [0.25, 0.3) is 32.3 Å². The number of aryl methyl sites for hydroxylation is 2. The van der Waals surface area contributed by atoms with Crippen LogP contribution in [0.5, 0.6) is 0 Å². The lowest BCUT2D eigenvalue weighted by Crippen LogP contribution is -2.04. The molecule has 0 amide bonds. The van der Waals surface area contributed by atoms with Crippen molar-refractivity contribution in [1.82, 2.24) is 4.98 Å². The van der Waals surface area contributed by atoms with Gasteiger partial charge in [0.05, 0.1) is 11.4 Å². The van der Waals surface area contributed by atoms with Gasteiger partial charge in [-0.05, 0) is 76.2 Å². The molecule has 0 saturated heterocycles. The van der Waals surface area contributed by atoms with Gasteiger partial charge in [0.25, 0.3) is 0 Å². The largest absolute Gasteiger partial charge is 0.384 e. The number of hydrogen-bond acceptors (Lipinski definition) is 2. The molecule has 0 fully saturated rings. The van der Waals surface area contributed by atoms with Gasteiger partial charge in [0.1, 0.15) is 0 Å². The van der Waals surface area contributed by atoms with Crippen molar-refractivity contribution in [3.63, 3.8) is 0 Å². The summed E-state index contributed by atoms with van der Waals surface area (Å²) in [7, 11) is 0. The Hall–Kier alpha value is -3.13. The van der Waals surface area contributed by atoms with E-state index in [9.17, 15) is 0 Å². The van der Waals surface area contributed by atoms with E-state index in [0.29, 0.717) is 0 Å². The van der Waals surface area contributed by atoms with Crippen molar-refractivity contribution in [2.75, 3.05) is 11.9 Å². The van der Waals surface area contributed by atoms with Crippen LogP contribution in [-0.4, -0.2) is 11.5 Å². The molecule has 0 atom stereocenters. The predicted molar refractivity (Wildman–Crippen MR) is 121 cm³/mol. The summed E-state index contributed by atoms with van der Waals surface area (Å²) in [5.41, 5.74) is 3.67. The lowest BCUT2D eigenvalue weighted by molar-refractivity contribution is 0.765. The Morgan fingerprint density at radius 2 is 1.50 bits per heavy atom. The maximum absolute atomic E-state index is 4.34. The van der Waals surface area contributed by atoms with Crippen LogP contribution in [0.3, 0.4) is 0 Å². The molecule has 0 aliphatic heterocycles. The number of anilines is 1. The number of pyridine rings is 1.